The van der Waals surface area contributed by atoms with Crippen molar-refractivity contribution in [1.29, 1.82) is 0 Å². The van der Waals surface area contributed by atoms with Crippen LogP contribution in [0.1, 0.15) is 52.1 Å². The van der Waals surface area contributed by atoms with Crippen molar-refractivity contribution >= 4 is 0 Å². The molecule has 0 bridgehead atoms. The fourth-order valence-electron chi connectivity index (χ4n) is 2.74. The first-order chi connectivity index (χ1) is 9.22. The first-order valence-corrected chi connectivity index (χ1v) is 7.57. The number of likely N-dealkylation sites (N-methyl/N-ethyl adjacent to an activating group) is 1. The molecule has 3 nitrogen and oxygen atoms in total. The second-order valence-corrected chi connectivity index (χ2v) is 5.22. The van der Waals surface area contributed by atoms with Gasteiger partial charge < -0.3 is 5.73 Å². The molecule has 1 unspecified atom stereocenters. The maximum atomic E-state index is 6.13. The van der Waals surface area contributed by atoms with Crippen LogP contribution in [0.4, 0.5) is 0 Å². The highest BCUT2D eigenvalue weighted by atomic mass is 15.2. The standard InChI is InChI=1S/C16H29N3/c1-4-7-11-16(5-2,14-17)19(6-3)13-15-10-8-9-12-18-15/h8-10,12H,4-7,11,13-14,17H2,1-3H3. The zero-order chi connectivity index (χ0) is 14.1. The molecule has 0 aliphatic rings. The average Bonchev–Trinajstić information content (AvgIpc) is 2.48. The second kappa shape index (κ2) is 8.28. The lowest BCUT2D eigenvalue weighted by molar-refractivity contribution is 0.0746. The number of rotatable bonds is 9. The third-order valence-electron chi connectivity index (χ3n) is 4.17. The Hall–Kier alpha value is -0.930. The van der Waals surface area contributed by atoms with Gasteiger partial charge >= 0.3 is 0 Å². The Morgan fingerprint density at radius 3 is 2.53 bits per heavy atom. The molecule has 2 N–H and O–H groups in total. The van der Waals surface area contributed by atoms with Gasteiger partial charge in [0.15, 0.2) is 0 Å². The van der Waals surface area contributed by atoms with Crippen molar-refractivity contribution in [2.24, 2.45) is 5.73 Å². The topological polar surface area (TPSA) is 42.1 Å². The van der Waals surface area contributed by atoms with Crippen LogP contribution in [0.15, 0.2) is 24.4 Å². The molecule has 3 heteroatoms. The van der Waals surface area contributed by atoms with Crippen LogP contribution in [0.3, 0.4) is 0 Å². The highest BCUT2D eigenvalue weighted by molar-refractivity contribution is 5.05. The van der Waals surface area contributed by atoms with Gasteiger partial charge in [-0.15, -0.1) is 0 Å². The highest BCUT2D eigenvalue weighted by Gasteiger charge is 2.32. The molecule has 0 radical (unpaired) electrons. The first-order valence-electron chi connectivity index (χ1n) is 7.57. The molecule has 108 valence electrons. The molecule has 1 atom stereocenters. The molecular weight excluding hydrogens is 234 g/mol. The summed E-state index contributed by atoms with van der Waals surface area (Å²) in [6.45, 7) is 9.35. The SMILES string of the molecule is CCCCC(CC)(CN)N(CC)Cc1ccccn1. The van der Waals surface area contributed by atoms with Crippen molar-refractivity contribution in [3.05, 3.63) is 30.1 Å². The average molecular weight is 263 g/mol. The maximum Gasteiger partial charge on any atom is 0.0544 e. The minimum absolute atomic E-state index is 0.127. The van der Waals surface area contributed by atoms with E-state index in [4.69, 9.17) is 5.73 Å². The van der Waals surface area contributed by atoms with E-state index >= 15 is 0 Å². The van der Waals surface area contributed by atoms with E-state index in [1.807, 2.05) is 12.3 Å². The number of hydrogen-bond donors (Lipinski definition) is 1. The summed E-state index contributed by atoms with van der Waals surface area (Å²) in [4.78, 5) is 6.95. The van der Waals surface area contributed by atoms with E-state index in [1.54, 1.807) is 0 Å². The van der Waals surface area contributed by atoms with E-state index in [9.17, 15) is 0 Å². The third-order valence-corrected chi connectivity index (χ3v) is 4.17. The molecule has 0 spiro atoms. The van der Waals surface area contributed by atoms with E-state index in [1.165, 1.54) is 19.3 Å². The monoisotopic (exact) mass is 263 g/mol. The van der Waals surface area contributed by atoms with Crippen molar-refractivity contribution in [3.8, 4) is 0 Å². The van der Waals surface area contributed by atoms with E-state index in [2.05, 4.69) is 42.8 Å². The number of unbranched alkanes of at least 4 members (excludes halogenated alkanes) is 1. The zero-order valence-electron chi connectivity index (χ0n) is 12.7. The molecule has 0 aliphatic carbocycles. The Bertz CT molecular complexity index is 333. The van der Waals surface area contributed by atoms with E-state index in [-0.39, 0.29) is 5.54 Å². The molecule has 1 rings (SSSR count). The van der Waals surface area contributed by atoms with Gasteiger partial charge in [0.2, 0.25) is 0 Å². The number of nitrogens with zero attached hydrogens (tertiary/aromatic N) is 2. The van der Waals surface area contributed by atoms with Crippen molar-refractivity contribution in [3.63, 3.8) is 0 Å². The molecule has 1 heterocycles. The Kier molecular flexibility index (Phi) is 7.03. The molecule has 0 saturated carbocycles. The van der Waals surface area contributed by atoms with Gasteiger partial charge in [-0.1, -0.05) is 39.7 Å². The largest absolute Gasteiger partial charge is 0.329 e. The van der Waals surface area contributed by atoms with Gasteiger partial charge in [0.25, 0.3) is 0 Å². The minimum Gasteiger partial charge on any atom is -0.329 e. The number of nitrogens with two attached hydrogens (primary N) is 1. The molecule has 19 heavy (non-hydrogen) atoms. The predicted octanol–water partition coefficient (Wildman–Crippen LogP) is 3.20. The molecule has 0 fully saturated rings. The quantitative estimate of drug-likeness (QED) is 0.744. The van der Waals surface area contributed by atoms with Gasteiger partial charge in [0.05, 0.1) is 5.69 Å². The maximum absolute atomic E-state index is 6.13. The first kappa shape index (κ1) is 16.1. The van der Waals surface area contributed by atoms with Crippen molar-refractivity contribution < 1.29 is 0 Å². The summed E-state index contributed by atoms with van der Waals surface area (Å²) in [6, 6.07) is 6.12. The van der Waals surface area contributed by atoms with Gasteiger partial charge in [0, 0.05) is 24.8 Å². The molecule has 1 aromatic heterocycles. The van der Waals surface area contributed by atoms with E-state index in [0.29, 0.717) is 0 Å². The van der Waals surface area contributed by atoms with Crippen LogP contribution in [-0.2, 0) is 6.54 Å². The van der Waals surface area contributed by atoms with Crippen LogP contribution in [0.25, 0.3) is 0 Å². The Balaban J connectivity index is 2.83. The molecule has 0 aromatic carbocycles. The van der Waals surface area contributed by atoms with Gasteiger partial charge in [-0.25, -0.2) is 0 Å². The van der Waals surface area contributed by atoms with Gasteiger partial charge in [-0.2, -0.15) is 0 Å². The van der Waals surface area contributed by atoms with Crippen LogP contribution in [0, 0.1) is 0 Å². The third kappa shape index (κ3) is 4.29. The molecule has 0 amide bonds. The van der Waals surface area contributed by atoms with Gasteiger partial charge in [0.1, 0.15) is 0 Å². The molecule has 0 aliphatic heterocycles. The van der Waals surface area contributed by atoms with Crippen LogP contribution >= 0.6 is 0 Å². The second-order valence-electron chi connectivity index (χ2n) is 5.22. The molecule has 1 aromatic rings. The van der Waals surface area contributed by atoms with Crippen molar-refractivity contribution in [2.45, 2.75) is 58.5 Å². The molecule has 0 saturated heterocycles. The summed E-state index contributed by atoms with van der Waals surface area (Å²) in [5.74, 6) is 0. The Morgan fingerprint density at radius 2 is 2.05 bits per heavy atom. The summed E-state index contributed by atoms with van der Waals surface area (Å²) >= 11 is 0. The summed E-state index contributed by atoms with van der Waals surface area (Å²) in [5, 5.41) is 0. The van der Waals surface area contributed by atoms with Crippen LogP contribution in [0.5, 0.6) is 0 Å². The number of hydrogen-bond acceptors (Lipinski definition) is 3. The lowest BCUT2D eigenvalue weighted by Gasteiger charge is -2.42. The van der Waals surface area contributed by atoms with Gasteiger partial charge in [-0.05, 0) is 31.5 Å². The van der Waals surface area contributed by atoms with Gasteiger partial charge in [-0.3, -0.25) is 9.88 Å². The molecular formula is C16H29N3. The fraction of sp³-hybridized carbons (Fsp3) is 0.688. The minimum atomic E-state index is 0.127. The summed E-state index contributed by atoms with van der Waals surface area (Å²) in [6.07, 6.45) is 6.61. The van der Waals surface area contributed by atoms with Crippen molar-refractivity contribution in [1.82, 2.24) is 9.88 Å². The smallest absolute Gasteiger partial charge is 0.0544 e. The zero-order valence-corrected chi connectivity index (χ0v) is 12.7. The summed E-state index contributed by atoms with van der Waals surface area (Å²) in [5.41, 5.74) is 7.39. The van der Waals surface area contributed by atoms with Crippen molar-refractivity contribution in [2.75, 3.05) is 13.1 Å². The van der Waals surface area contributed by atoms with Crippen LogP contribution < -0.4 is 5.73 Å². The fourth-order valence-corrected chi connectivity index (χ4v) is 2.74. The predicted molar refractivity (Wildman–Crippen MR) is 81.9 cm³/mol. The number of pyridine rings is 1. The lowest BCUT2D eigenvalue weighted by atomic mass is 9.87. The summed E-state index contributed by atoms with van der Waals surface area (Å²) in [7, 11) is 0. The Morgan fingerprint density at radius 1 is 1.26 bits per heavy atom. The number of aromatic nitrogens is 1. The van der Waals surface area contributed by atoms with Crippen LogP contribution in [0.2, 0.25) is 0 Å². The van der Waals surface area contributed by atoms with Crippen LogP contribution in [-0.4, -0.2) is 28.5 Å². The lowest BCUT2D eigenvalue weighted by Crippen LogP contribution is -2.53. The normalized spacial score (nSPS) is 14.6. The van der Waals surface area contributed by atoms with E-state index < -0.39 is 0 Å². The Labute approximate surface area is 118 Å². The highest BCUT2D eigenvalue weighted by Crippen LogP contribution is 2.26. The van der Waals surface area contributed by atoms with E-state index in [0.717, 1.165) is 31.7 Å². The summed E-state index contributed by atoms with van der Waals surface area (Å²) < 4.78 is 0.